The van der Waals surface area contributed by atoms with Gasteiger partial charge in [-0.05, 0) is 31.5 Å². The summed E-state index contributed by atoms with van der Waals surface area (Å²) in [4.78, 5) is 10.8. The van der Waals surface area contributed by atoms with E-state index in [0.717, 1.165) is 5.56 Å². The van der Waals surface area contributed by atoms with Crippen molar-refractivity contribution < 1.29 is 13.2 Å². The molecule has 1 aromatic rings. The third kappa shape index (κ3) is 4.46. The molecule has 6 heteroatoms. The molecule has 18 heavy (non-hydrogen) atoms. The van der Waals surface area contributed by atoms with Gasteiger partial charge in [0.1, 0.15) is 0 Å². The first-order valence-corrected chi connectivity index (χ1v) is 7.21. The van der Waals surface area contributed by atoms with E-state index in [4.69, 9.17) is 0 Å². The zero-order chi connectivity index (χ0) is 13.8. The van der Waals surface area contributed by atoms with Gasteiger partial charge in [-0.2, -0.15) is 0 Å². The van der Waals surface area contributed by atoms with Crippen LogP contribution in [0.15, 0.2) is 24.3 Å². The first kappa shape index (κ1) is 14.7. The van der Waals surface area contributed by atoms with Crippen LogP contribution in [0.25, 0.3) is 0 Å². The zero-order valence-electron chi connectivity index (χ0n) is 10.7. The Morgan fingerprint density at radius 3 is 2.22 bits per heavy atom. The van der Waals surface area contributed by atoms with Gasteiger partial charge >= 0.3 is 0 Å². The summed E-state index contributed by atoms with van der Waals surface area (Å²) in [5.74, 6) is -0.136. The molecule has 100 valence electrons. The molecule has 0 aromatic heterocycles. The van der Waals surface area contributed by atoms with Crippen molar-refractivity contribution >= 4 is 21.6 Å². The topological polar surface area (TPSA) is 75.3 Å². The molecule has 0 spiro atoms. The molecule has 0 aliphatic rings. The number of amides is 1. The molecule has 1 aromatic carbocycles. The van der Waals surface area contributed by atoms with E-state index in [0.29, 0.717) is 5.69 Å². The van der Waals surface area contributed by atoms with E-state index < -0.39 is 15.3 Å². The Morgan fingerprint density at radius 1 is 1.22 bits per heavy atom. The Balaban J connectivity index is 2.62. The van der Waals surface area contributed by atoms with Crippen molar-refractivity contribution in [1.29, 1.82) is 0 Å². The van der Waals surface area contributed by atoms with Crippen LogP contribution in [-0.4, -0.2) is 19.6 Å². The number of sulfonamides is 1. The number of anilines is 1. The Bertz CT molecular complexity index is 507. The monoisotopic (exact) mass is 270 g/mol. The minimum atomic E-state index is -3.25. The third-order valence-electron chi connectivity index (χ3n) is 2.37. The average molecular weight is 270 g/mol. The molecule has 0 aliphatic heterocycles. The van der Waals surface area contributed by atoms with Gasteiger partial charge in [0, 0.05) is 19.2 Å². The lowest BCUT2D eigenvalue weighted by Gasteiger charge is -2.10. The summed E-state index contributed by atoms with van der Waals surface area (Å²) in [5, 5.41) is 2.20. The van der Waals surface area contributed by atoms with Gasteiger partial charge in [0.05, 0.1) is 5.25 Å². The number of hydrogen-bond donors (Lipinski definition) is 2. The van der Waals surface area contributed by atoms with Gasteiger partial charge in [-0.25, -0.2) is 13.1 Å². The maximum Gasteiger partial charge on any atom is 0.221 e. The second kappa shape index (κ2) is 5.97. The highest BCUT2D eigenvalue weighted by molar-refractivity contribution is 7.90. The standard InChI is InChI=1S/C12H18N2O3S/c1-9(2)18(16,17)13-8-11-4-6-12(7-5-11)14-10(3)15/h4-7,9,13H,8H2,1-3H3,(H,14,15). The fourth-order valence-electron chi connectivity index (χ4n) is 1.26. The van der Waals surface area contributed by atoms with E-state index in [1.807, 2.05) is 0 Å². The molecule has 0 fully saturated rings. The predicted octanol–water partition coefficient (Wildman–Crippen LogP) is 1.47. The van der Waals surface area contributed by atoms with Crippen molar-refractivity contribution in [3.8, 4) is 0 Å². The highest BCUT2D eigenvalue weighted by Crippen LogP contribution is 2.10. The van der Waals surface area contributed by atoms with Crippen LogP contribution in [-0.2, 0) is 21.4 Å². The van der Waals surface area contributed by atoms with Gasteiger partial charge in [-0.15, -0.1) is 0 Å². The molecule has 0 aliphatic carbocycles. The van der Waals surface area contributed by atoms with Crippen LogP contribution in [0.2, 0.25) is 0 Å². The van der Waals surface area contributed by atoms with Gasteiger partial charge in [-0.3, -0.25) is 4.79 Å². The lowest BCUT2D eigenvalue weighted by atomic mass is 10.2. The van der Waals surface area contributed by atoms with Crippen LogP contribution in [0, 0.1) is 0 Å². The molecule has 1 amide bonds. The molecule has 0 bridgehead atoms. The van der Waals surface area contributed by atoms with Crippen LogP contribution < -0.4 is 10.0 Å². The molecule has 0 heterocycles. The highest BCUT2D eigenvalue weighted by atomic mass is 32.2. The van der Waals surface area contributed by atoms with Gasteiger partial charge in [0.25, 0.3) is 0 Å². The summed E-state index contributed by atoms with van der Waals surface area (Å²) in [6, 6.07) is 7.02. The second-order valence-electron chi connectivity index (χ2n) is 4.29. The van der Waals surface area contributed by atoms with Crippen molar-refractivity contribution in [2.45, 2.75) is 32.6 Å². The first-order valence-electron chi connectivity index (χ1n) is 5.66. The Morgan fingerprint density at radius 2 is 1.78 bits per heavy atom. The van der Waals surface area contributed by atoms with Gasteiger partial charge in [0.15, 0.2) is 0 Å². The smallest absolute Gasteiger partial charge is 0.221 e. The van der Waals surface area contributed by atoms with Crippen LogP contribution in [0.5, 0.6) is 0 Å². The Kier molecular flexibility index (Phi) is 4.86. The lowest BCUT2D eigenvalue weighted by Crippen LogP contribution is -2.30. The minimum absolute atomic E-state index is 0.136. The predicted molar refractivity (Wildman–Crippen MR) is 71.6 cm³/mol. The van der Waals surface area contributed by atoms with Crippen molar-refractivity contribution in [2.75, 3.05) is 5.32 Å². The largest absolute Gasteiger partial charge is 0.326 e. The number of benzene rings is 1. The molecule has 0 unspecified atom stereocenters. The van der Waals surface area contributed by atoms with Crippen LogP contribution in [0.1, 0.15) is 26.3 Å². The number of hydrogen-bond acceptors (Lipinski definition) is 3. The summed E-state index contributed by atoms with van der Waals surface area (Å²) in [6.45, 7) is 4.94. The first-order chi connectivity index (χ1) is 8.31. The van der Waals surface area contributed by atoms with Crippen molar-refractivity contribution in [2.24, 2.45) is 0 Å². The van der Waals surface area contributed by atoms with Gasteiger partial charge < -0.3 is 5.32 Å². The van der Waals surface area contributed by atoms with E-state index >= 15 is 0 Å². The van der Waals surface area contributed by atoms with Crippen molar-refractivity contribution in [1.82, 2.24) is 4.72 Å². The SMILES string of the molecule is CC(=O)Nc1ccc(CNS(=O)(=O)C(C)C)cc1. The average Bonchev–Trinajstić information content (AvgIpc) is 2.27. The molecule has 5 nitrogen and oxygen atoms in total. The summed E-state index contributed by atoms with van der Waals surface area (Å²) < 4.78 is 25.6. The number of carbonyl (C=O) groups excluding carboxylic acids is 1. The minimum Gasteiger partial charge on any atom is -0.326 e. The van der Waals surface area contributed by atoms with E-state index in [2.05, 4.69) is 10.0 Å². The molecule has 2 N–H and O–H groups in total. The van der Waals surface area contributed by atoms with Crippen LogP contribution in [0.3, 0.4) is 0 Å². The van der Waals surface area contributed by atoms with Crippen LogP contribution in [0.4, 0.5) is 5.69 Å². The number of nitrogens with one attached hydrogen (secondary N) is 2. The lowest BCUT2D eigenvalue weighted by molar-refractivity contribution is -0.114. The molecule has 0 radical (unpaired) electrons. The maximum absolute atomic E-state index is 11.5. The highest BCUT2D eigenvalue weighted by Gasteiger charge is 2.14. The summed E-state index contributed by atoms with van der Waals surface area (Å²) in [6.07, 6.45) is 0. The van der Waals surface area contributed by atoms with E-state index in [-0.39, 0.29) is 12.5 Å². The maximum atomic E-state index is 11.5. The van der Waals surface area contributed by atoms with E-state index in [1.54, 1.807) is 38.1 Å². The molecule has 1 rings (SSSR count). The van der Waals surface area contributed by atoms with Crippen molar-refractivity contribution in [3.05, 3.63) is 29.8 Å². The quantitative estimate of drug-likeness (QED) is 0.850. The van der Waals surface area contributed by atoms with Crippen LogP contribution >= 0.6 is 0 Å². The van der Waals surface area contributed by atoms with Crippen molar-refractivity contribution in [3.63, 3.8) is 0 Å². The van der Waals surface area contributed by atoms with Gasteiger partial charge in [0.2, 0.25) is 15.9 Å². The number of rotatable bonds is 5. The fourth-order valence-corrected chi connectivity index (χ4v) is 1.96. The Hall–Kier alpha value is -1.40. The summed E-state index contributed by atoms with van der Waals surface area (Å²) in [7, 11) is -3.25. The molecular weight excluding hydrogens is 252 g/mol. The molecule has 0 atom stereocenters. The molecular formula is C12H18N2O3S. The second-order valence-corrected chi connectivity index (χ2v) is 6.61. The summed E-state index contributed by atoms with van der Waals surface area (Å²) >= 11 is 0. The molecule has 0 saturated carbocycles. The van der Waals surface area contributed by atoms with Gasteiger partial charge in [-0.1, -0.05) is 12.1 Å². The molecule has 0 saturated heterocycles. The summed E-state index contributed by atoms with van der Waals surface area (Å²) in [5.41, 5.74) is 1.53. The normalized spacial score (nSPS) is 11.6. The zero-order valence-corrected chi connectivity index (χ0v) is 11.5. The third-order valence-corrected chi connectivity index (χ3v) is 4.16. The van der Waals surface area contributed by atoms with E-state index in [9.17, 15) is 13.2 Å². The number of carbonyl (C=O) groups is 1. The van der Waals surface area contributed by atoms with E-state index in [1.165, 1.54) is 6.92 Å². The fraction of sp³-hybridized carbons (Fsp3) is 0.417. The Labute approximate surface area is 108 Å².